The maximum Gasteiger partial charge on any atom is 0.274 e. The van der Waals surface area contributed by atoms with Crippen LogP contribution in [0.15, 0.2) is 46.1 Å². The molecule has 0 unspecified atom stereocenters. The molecule has 2 rings (SSSR count). The number of hydrogen-bond acceptors (Lipinski definition) is 3. The second-order valence-corrected chi connectivity index (χ2v) is 6.04. The highest BCUT2D eigenvalue weighted by Crippen LogP contribution is 2.11. The molecule has 0 aliphatic heterocycles. The molecule has 4 heteroatoms. The van der Waals surface area contributed by atoms with Gasteiger partial charge in [0.05, 0.1) is 17.5 Å². The molecule has 0 spiro atoms. The Morgan fingerprint density at radius 3 is 2.50 bits per heavy atom. The van der Waals surface area contributed by atoms with Crippen molar-refractivity contribution in [1.82, 2.24) is 5.43 Å². The number of unbranched alkanes of at least 4 members (excludes halogenated alkanes) is 3. The number of nitrogens with one attached hydrogen (secondary N) is 1. The van der Waals surface area contributed by atoms with Crippen molar-refractivity contribution in [2.75, 3.05) is 0 Å². The van der Waals surface area contributed by atoms with Gasteiger partial charge >= 0.3 is 0 Å². The predicted octanol–water partition coefficient (Wildman–Crippen LogP) is 4.86. The largest absolute Gasteiger partial charge is 0.469 e. The summed E-state index contributed by atoms with van der Waals surface area (Å²) in [6.45, 7) is 5.87. The first-order valence-electron chi connectivity index (χ1n) is 8.60. The molecule has 1 heterocycles. The van der Waals surface area contributed by atoms with Crippen LogP contribution in [0.5, 0.6) is 0 Å². The number of carbonyl (C=O) groups excluding carboxylic acids is 1. The molecule has 1 N–H and O–H groups in total. The minimum absolute atomic E-state index is 0.256. The monoisotopic (exact) mass is 326 g/mol. The number of nitrogens with zero attached hydrogens (tertiary/aromatic N) is 1. The van der Waals surface area contributed by atoms with E-state index in [1.54, 1.807) is 13.0 Å². The molecule has 0 aliphatic rings. The molecule has 1 aromatic heterocycles. The molecule has 1 aromatic carbocycles. The third kappa shape index (κ3) is 5.08. The molecular weight excluding hydrogens is 300 g/mol. The van der Waals surface area contributed by atoms with Gasteiger partial charge in [-0.1, -0.05) is 50.5 Å². The lowest BCUT2D eigenvalue weighted by Gasteiger charge is -2.05. The fourth-order valence-corrected chi connectivity index (χ4v) is 2.55. The summed E-state index contributed by atoms with van der Waals surface area (Å²) in [5.41, 5.74) is 6.22. The molecule has 0 atom stereocenters. The van der Waals surface area contributed by atoms with Crippen molar-refractivity contribution in [3.8, 4) is 0 Å². The summed E-state index contributed by atoms with van der Waals surface area (Å²) >= 11 is 0. The van der Waals surface area contributed by atoms with Gasteiger partial charge in [-0.3, -0.25) is 4.79 Å². The summed E-state index contributed by atoms with van der Waals surface area (Å²) in [7, 11) is 0. The Kier molecular flexibility index (Phi) is 6.79. The molecule has 0 bridgehead atoms. The summed E-state index contributed by atoms with van der Waals surface area (Å²) in [4.78, 5) is 12.0. The first-order valence-corrected chi connectivity index (χ1v) is 8.60. The zero-order chi connectivity index (χ0) is 17.4. The Morgan fingerprint density at radius 1 is 1.12 bits per heavy atom. The summed E-state index contributed by atoms with van der Waals surface area (Å²) in [6.07, 6.45) is 7.71. The molecule has 0 fully saturated rings. The third-order valence-electron chi connectivity index (χ3n) is 4.12. The van der Waals surface area contributed by atoms with Gasteiger partial charge in [0.2, 0.25) is 0 Å². The van der Waals surface area contributed by atoms with Gasteiger partial charge in [-0.25, -0.2) is 5.43 Å². The quantitative estimate of drug-likeness (QED) is 0.427. The number of carbonyl (C=O) groups is 1. The van der Waals surface area contributed by atoms with Crippen LogP contribution < -0.4 is 5.43 Å². The zero-order valence-electron chi connectivity index (χ0n) is 14.8. The highest BCUT2D eigenvalue weighted by Gasteiger charge is 2.10. The Hall–Kier alpha value is -2.36. The number of hydrazone groups is 1. The highest BCUT2D eigenvalue weighted by molar-refractivity contribution is 6.01. The van der Waals surface area contributed by atoms with E-state index in [-0.39, 0.29) is 5.91 Å². The van der Waals surface area contributed by atoms with Crippen molar-refractivity contribution in [3.05, 3.63) is 59.0 Å². The number of aryl methyl sites for hydroxylation is 2. The fourth-order valence-electron chi connectivity index (χ4n) is 2.55. The van der Waals surface area contributed by atoms with Crippen LogP contribution in [0, 0.1) is 6.92 Å². The molecule has 0 saturated carbocycles. The Bertz CT molecular complexity index is 684. The van der Waals surface area contributed by atoms with Crippen LogP contribution in [0.1, 0.15) is 66.8 Å². The van der Waals surface area contributed by atoms with Gasteiger partial charge in [0.25, 0.3) is 5.91 Å². The van der Waals surface area contributed by atoms with Gasteiger partial charge in [-0.15, -0.1) is 0 Å². The standard InChI is InChI=1S/C20H26N2O2/c1-4-5-6-7-8-17-9-11-18(12-10-17)15(2)21-22-20(23)19-13-14-24-16(19)3/h9-14H,4-8H2,1-3H3,(H,22,23). The van der Waals surface area contributed by atoms with E-state index in [2.05, 4.69) is 41.7 Å². The molecule has 0 saturated heterocycles. The third-order valence-corrected chi connectivity index (χ3v) is 4.12. The second kappa shape index (κ2) is 9.06. The van der Waals surface area contributed by atoms with Crippen LogP contribution in [0.3, 0.4) is 0 Å². The van der Waals surface area contributed by atoms with Crippen LogP contribution >= 0.6 is 0 Å². The second-order valence-electron chi connectivity index (χ2n) is 6.04. The SMILES string of the molecule is CCCCCCc1ccc(C(C)=NNC(=O)c2ccoc2C)cc1. The lowest BCUT2D eigenvalue weighted by Crippen LogP contribution is -2.19. The Balaban J connectivity index is 1.90. The Labute approximate surface area is 144 Å². The van der Waals surface area contributed by atoms with E-state index in [1.807, 2.05) is 6.92 Å². The van der Waals surface area contributed by atoms with Gasteiger partial charge in [0, 0.05) is 0 Å². The summed E-state index contributed by atoms with van der Waals surface area (Å²) < 4.78 is 5.13. The number of hydrogen-bond donors (Lipinski definition) is 1. The number of rotatable bonds is 8. The minimum atomic E-state index is -0.256. The first kappa shape index (κ1) is 18.0. The molecule has 24 heavy (non-hydrogen) atoms. The highest BCUT2D eigenvalue weighted by atomic mass is 16.3. The summed E-state index contributed by atoms with van der Waals surface area (Å²) in [6, 6.07) is 10.0. The zero-order valence-corrected chi connectivity index (χ0v) is 14.8. The number of benzene rings is 1. The molecule has 1 amide bonds. The van der Waals surface area contributed by atoms with Crippen molar-refractivity contribution in [1.29, 1.82) is 0 Å². The maximum atomic E-state index is 12.0. The Morgan fingerprint density at radius 2 is 1.88 bits per heavy atom. The number of amides is 1. The smallest absolute Gasteiger partial charge is 0.274 e. The average molecular weight is 326 g/mol. The molecular formula is C20H26N2O2. The van der Waals surface area contributed by atoms with E-state index in [4.69, 9.17) is 4.42 Å². The summed E-state index contributed by atoms with van der Waals surface area (Å²) in [5.74, 6) is 0.334. The van der Waals surface area contributed by atoms with Crippen LogP contribution in [0.25, 0.3) is 0 Å². The van der Waals surface area contributed by atoms with E-state index in [0.717, 1.165) is 17.7 Å². The van der Waals surface area contributed by atoms with E-state index in [1.165, 1.54) is 37.5 Å². The van der Waals surface area contributed by atoms with Crippen molar-refractivity contribution in [2.24, 2.45) is 5.10 Å². The van der Waals surface area contributed by atoms with Crippen LogP contribution in [-0.2, 0) is 6.42 Å². The van der Waals surface area contributed by atoms with Crippen molar-refractivity contribution in [3.63, 3.8) is 0 Å². The molecule has 128 valence electrons. The molecule has 2 aromatic rings. The van der Waals surface area contributed by atoms with E-state index in [9.17, 15) is 4.79 Å². The molecule has 0 aliphatic carbocycles. The van der Waals surface area contributed by atoms with Crippen molar-refractivity contribution >= 4 is 11.6 Å². The van der Waals surface area contributed by atoms with Crippen molar-refractivity contribution in [2.45, 2.75) is 52.9 Å². The summed E-state index contributed by atoms with van der Waals surface area (Å²) in [5, 5.41) is 4.18. The van der Waals surface area contributed by atoms with E-state index < -0.39 is 0 Å². The first-order chi connectivity index (χ1) is 11.6. The van der Waals surface area contributed by atoms with Crippen molar-refractivity contribution < 1.29 is 9.21 Å². The van der Waals surface area contributed by atoms with E-state index >= 15 is 0 Å². The lowest BCUT2D eigenvalue weighted by molar-refractivity contribution is 0.0953. The van der Waals surface area contributed by atoms with Gasteiger partial charge < -0.3 is 4.42 Å². The fraction of sp³-hybridized carbons (Fsp3) is 0.400. The topological polar surface area (TPSA) is 54.6 Å². The minimum Gasteiger partial charge on any atom is -0.469 e. The maximum absolute atomic E-state index is 12.0. The molecule has 0 radical (unpaired) electrons. The van der Waals surface area contributed by atoms with Gasteiger partial charge in [0.15, 0.2) is 0 Å². The number of furan rings is 1. The van der Waals surface area contributed by atoms with Crippen LogP contribution in [-0.4, -0.2) is 11.6 Å². The van der Waals surface area contributed by atoms with Gasteiger partial charge in [-0.05, 0) is 43.9 Å². The van der Waals surface area contributed by atoms with Crippen LogP contribution in [0.4, 0.5) is 0 Å². The van der Waals surface area contributed by atoms with E-state index in [0.29, 0.717) is 11.3 Å². The predicted molar refractivity (Wildman–Crippen MR) is 97.4 cm³/mol. The average Bonchev–Trinajstić information content (AvgIpc) is 3.03. The lowest BCUT2D eigenvalue weighted by atomic mass is 10.0. The molecule has 4 nitrogen and oxygen atoms in total. The van der Waals surface area contributed by atoms with Gasteiger partial charge in [-0.2, -0.15) is 5.10 Å². The van der Waals surface area contributed by atoms with Gasteiger partial charge in [0.1, 0.15) is 5.76 Å². The van der Waals surface area contributed by atoms with Crippen LogP contribution in [0.2, 0.25) is 0 Å². The normalized spacial score (nSPS) is 11.5.